The van der Waals surface area contributed by atoms with Crippen molar-refractivity contribution in [3.63, 3.8) is 0 Å². The third kappa shape index (κ3) is 1.65. The topological polar surface area (TPSA) is 17.8 Å². The van der Waals surface area contributed by atoms with Crippen molar-refractivity contribution in [2.24, 2.45) is 7.05 Å². The molecule has 2 aromatic rings. The van der Waals surface area contributed by atoms with Gasteiger partial charge in [0.1, 0.15) is 5.65 Å². The van der Waals surface area contributed by atoms with E-state index in [1.54, 1.807) is 0 Å². The Balaban J connectivity index is 2.61. The number of rotatable bonds is 3. The molecule has 15 heavy (non-hydrogen) atoms. The zero-order chi connectivity index (χ0) is 10.8. The fraction of sp³-hybridized carbons (Fsp3) is 0.462. The molecule has 0 radical (unpaired) electrons. The zero-order valence-electron chi connectivity index (χ0n) is 9.70. The summed E-state index contributed by atoms with van der Waals surface area (Å²) in [7, 11) is 2.07. The van der Waals surface area contributed by atoms with Gasteiger partial charge in [0.05, 0.1) is 0 Å². The predicted octanol–water partition coefficient (Wildman–Crippen LogP) is 3.48. The van der Waals surface area contributed by atoms with Crippen molar-refractivity contribution in [1.29, 1.82) is 0 Å². The van der Waals surface area contributed by atoms with Crippen LogP contribution in [-0.4, -0.2) is 9.55 Å². The van der Waals surface area contributed by atoms with Crippen LogP contribution in [0.5, 0.6) is 0 Å². The fourth-order valence-corrected chi connectivity index (χ4v) is 2.30. The van der Waals surface area contributed by atoms with E-state index in [1.165, 1.54) is 23.8 Å². The molecule has 0 amide bonds. The highest BCUT2D eigenvalue weighted by atomic mass is 15.0. The van der Waals surface area contributed by atoms with Gasteiger partial charge in [-0.25, -0.2) is 4.98 Å². The molecule has 2 rings (SSSR count). The second kappa shape index (κ2) is 4.05. The van der Waals surface area contributed by atoms with Crippen LogP contribution in [-0.2, 0) is 7.05 Å². The standard InChI is InChI=1S/C13H18N2/c1-4-10(5-2)12-9-15(3)13-11(12)7-6-8-14-13/h6-10H,4-5H2,1-3H3. The van der Waals surface area contributed by atoms with Crippen LogP contribution in [0.15, 0.2) is 24.5 Å². The van der Waals surface area contributed by atoms with Gasteiger partial charge >= 0.3 is 0 Å². The van der Waals surface area contributed by atoms with Gasteiger partial charge in [0.15, 0.2) is 0 Å². The number of nitrogens with zero attached hydrogens (tertiary/aromatic N) is 2. The lowest BCUT2D eigenvalue weighted by Gasteiger charge is -2.10. The summed E-state index contributed by atoms with van der Waals surface area (Å²) >= 11 is 0. The monoisotopic (exact) mass is 202 g/mol. The highest BCUT2D eigenvalue weighted by Gasteiger charge is 2.13. The molecule has 0 aliphatic rings. The first-order valence-electron chi connectivity index (χ1n) is 5.67. The first kappa shape index (κ1) is 10.2. The smallest absolute Gasteiger partial charge is 0.139 e. The lowest BCUT2D eigenvalue weighted by Crippen LogP contribution is -1.93. The molecule has 0 saturated carbocycles. The Kier molecular flexibility index (Phi) is 2.76. The maximum atomic E-state index is 4.42. The maximum Gasteiger partial charge on any atom is 0.139 e. The van der Waals surface area contributed by atoms with E-state index in [4.69, 9.17) is 0 Å². The number of fused-ring (bicyclic) bond motifs is 1. The van der Waals surface area contributed by atoms with Crippen molar-refractivity contribution in [3.05, 3.63) is 30.1 Å². The average Bonchev–Trinajstić information content (AvgIpc) is 2.60. The van der Waals surface area contributed by atoms with Crippen molar-refractivity contribution >= 4 is 11.0 Å². The van der Waals surface area contributed by atoms with Gasteiger partial charge < -0.3 is 4.57 Å². The summed E-state index contributed by atoms with van der Waals surface area (Å²) in [5, 5.41) is 1.31. The van der Waals surface area contributed by atoms with Crippen molar-refractivity contribution in [1.82, 2.24) is 9.55 Å². The molecule has 0 unspecified atom stereocenters. The molecule has 2 nitrogen and oxygen atoms in total. The number of hydrogen-bond donors (Lipinski definition) is 0. The van der Waals surface area contributed by atoms with E-state index < -0.39 is 0 Å². The predicted molar refractivity (Wildman–Crippen MR) is 64.0 cm³/mol. The van der Waals surface area contributed by atoms with Crippen molar-refractivity contribution in [2.75, 3.05) is 0 Å². The van der Waals surface area contributed by atoms with Crippen LogP contribution >= 0.6 is 0 Å². The minimum absolute atomic E-state index is 0.665. The Morgan fingerprint density at radius 3 is 2.73 bits per heavy atom. The van der Waals surface area contributed by atoms with Crippen molar-refractivity contribution in [3.8, 4) is 0 Å². The van der Waals surface area contributed by atoms with E-state index in [0.29, 0.717) is 5.92 Å². The first-order chi connectivity index (χ1) is 7.27. The maximum absolute atomic E-state index is 4.42. The van der Waals surface area contributed by atoms with Gasteiger partial charge in [-0.3, -0.25) is 0 Å². The van der Waals surface area contributed by atoms with Gasteiger partial charge in [-0.2, -0.15) is 0 Å². The highest BCUT2D eigenvalue weighted by molar-refractivity contribution is 5.80. The zero-order valence-corrected chi connectivity index (χ0v) is 9.70. The van der Waals surface area contributed by atoms with Crippen LogP contribution in [0, 0.1) is 0 Å². The van der Waals surface area contributed by atoms with Crippen LogP contribution in [0.3, 0.4) is 0 Å². The summed E-state index contributed by atoms with van der Waals surface area (Å²) in [6.07, 6.45) is 6.49. The summed E-state index contributed by atoms with van der Waals surface area (Å²) in [6.45, 7) is 4.51. The lowest BCUT2D eigenvalue weighted by molar-refractivity contribution is 0.644. The molecule has 0 atom stereocenters. The van der Waals surface area contributed by atoms with Crippen molar-refractivity contribution in [2.45, 2.75) is 32.6 Å². The highest BCUT2D eigenvalue weighted by Crippen LogP contribution is 2.30. The molecule has 0 fully saturated rings. The lowest BCUT2D eigenvalue weighted by atomic mass is 9.94. The number of pyridine rings is 1. The van der Waals surface area contributed by atoms with E-state index in [1.807, 2.05) is 12.3 Å². The molecular formula is C13H18N2. The third-order valence-corrected chi connectivity index (χ3v) is 3.19. The quantitative estimate of drug-likeness (QED) is 0.745. The van der Waals surface area contributed by atoms with Crippen LogP contribution < -0.4 is 0 Å². The second-order valence-corrected chi connectivity index (χ2v) is 4.08. The average molecular weight is 202 g/mol. The number of aromatic nitrogens is 2. The fourth-order valence-electron chi connectivity index (χ4n) is 2.30. The first-order valence-corrected chi connectivity index (χ1v) is 5.67. The van der Waals surface area contributed by atoms with Gasteiger partial charge in [-0.15, -0.1) is 0 Å². The molecule has 80 valence electrons. The largest absolute Gasteiger partial charge is 0.335 e. The minimum Gasteiger partial charge on any atom is -0.335 e. The summed E-state index contributed by atoms with van der Waals surface area (Å²) in [6, 6.07) is 4.20. The Bertz CT molecular complexity index is 453. The Hall–Kier alpha value is -1.31. The molecule has 0 spiro atoms. The Morgan fingerprint density at radius 1 is 1.33 bits per heavy atom. The van der Waals surface area contributed by atoms with E-state index in [9.17, 15) is 0 Å². The summed E-state index contributed by atoms with van der Waals surface area (Å²) in [4.78, 5) is 4.42. The molecule has 0 N–H and O–H groups in total. The molecule has 0 aliphatic heterocycles. The van der Waals surface area contributed by atoms with Gasteiger partial charge in [-0.1, -0.05) is 13.8 Å². The molecule has 2 heterocycles. The van der Waals surface area contributed by atoms with Gasteiger partial charge in [0.25, 0.3) is 0 Å². The van der Waals surface area contributed by atoms with E-state index >= 15 is 0 Å². The minimum atomic E-state index is 0.665. The van der Waals surface area contributed by atoms with E-state index in [0.717, 1.165) is 5.65 Å². The SMILES string of the molecule is CCC(CC)c1cn(C)c2ncccc12. The van der Waals surface area contributed by atoms with Crippen LogP contribution in [0.4, 0.5) is 0 Å². The van der Waals surface area contributed by atoms with Gasteiger partial charge in [0, 0.05) is 24.8 Å². The van der Waals surface area contributed by atoms with Gasteiger partial charge in [-0.05, 0) is 36.5 Å². The second-order valence-electron chi connectivity index (χ2n) is 4.08. The molecule has 2 heteroatoms. The summed E-state index contributed by atoms with van der Waals surface area (Å²) < 4.78 is 2.13. The number of hydrogen-bond acceptors (Lipinski definition) is 1. The van der Waals surface area contributed by atoms with Crippen LogP contribution in [0.25, 0.3) is 11.0 Å². The molecule has 2 aromatic heterocycles. The molecule has 0 aliphatic carbocycles. The van der Waals surface area contributed by atoms with E-state index in [2.05, 4.69) is 42.7 Å². The Morgan fingerprint density at radius 2 is 2.07 bits per heavy atom. The molecular weight excluding hydrogens is 184 g/mol. The normalized spacial score (nSPS) is 11.5. The molecule has 0 saturated heterocycles. The van der Waals surface area contributed by atoms with Crippen LogP contribution in [0.2, 0.25) is 0 Å². The third-order valence-electron chi connectivity index (χ3n) is 3.19. The van der Waals surface area contributed by atoms with Crippen LogP contribution in [0.1, 0.15) is 38.2 Å². The summed E-state index contributed by atoms with van der Waals surface area (Å²) in [5.74, 6) is 0.665. The molecule has 0 aromatic carbocycles. The summed E-state index contributed by atoms with van der Waals surface area (Å²) in [5.41, 5.74) is 2.55. The van der Waals surface area contributed by atoms with Crippen molar-refractivity contribution < 1.29 is 0 Å². The molecule has 0 bridgehead atoms. The van der Waals surface area contributed by atoms with E-state index in [-0.39, 0.29) is 0 Å². The Labute approximate surface area is 90.9 Å². The number of aryl methyl sites for hydroxylation is 1. The van der Waals surface area contributed by atoms with Gasteiger partial charge in [0.2, 0.25) is 0 Å².